The maximum absolute atomic E-state index is 12.3. The van der Waals surface area contributed by atoms with Crippen molar-refractivity contribution in [3.05, 3.63) is 70.7 Å². The van der Waals surface area contributed by atoms with E-state index in [9.17, 15) is 9.59 Å². The number of carbonyl (C=O) groups excluding carboxylic acids is 2. The monoisotopic (exact) mass is 487 g/mol. The van der Waals surface area contributed by atoms with Crippen LogP contribution in [0.3, 0.4) is 0 Å². The van der Waals surface area contributed by atoms with Crippen LogP contribution in [-0.4, -0.2) is 11.6 Å². The van der Waals surface area contributed by atoms with Crippen LogP contribution in [0.2, 0.25) is 0 Å². The normalized spacial score (nSPS) is 8.94. The molecule has 164 valence electrons. The predicted molar refractivity (Wildman–Crippen MR) is 124 cm³/mol. The molecule has 0 aliphatic carbocycles. The van der Waals surface area contributed by atoms with Crippen molar-refractivity contribution in [1.82, 2.24) is 0 Å². The topological polar surface area (TPSA) is 103 Å². The van der Waals surface area contributed by atoms with Gasteiger partial charge in [-0.1, -0.05) is 58.9 Å². The molecule has 0 unspecified atom stereocenters. The minimum absolute atomic E-state index is 0. The number of rotatable bonds is 10. The van der Waals surface area contributed by atoms with Crippen molar-refractivity contribution < 1.29 is 114 Å². The van der Waals surface area contributed by atoms with Crippen molar-refractivity contribution >= 4 is 22.9 Å². The van der Waals surface area contributed by atoms with E-state index in [-0.39, 0.29) is 133 Å². The average Bonchev–Trinajstić information content (AvgIpc) is 2.83. The van der Waals surface area contributed by atoms with Gasteiger partial charge in [-0.2, -0.15) is 0 Å². The van der Waals surface area contributed by atoms with E-state index in [2.05, 4.69) is 10.2 Å². The zero-order valence-electron chi connectivity index (χ0n) is 21.6. The minimum atomic E-state index is -0.0824. The second kappa shape index (κ2) is 23.0. The maximum atomic E-state index is 12.3. The van der Waals surface area contributed by atoms with Gasteiger partial charge in [0.05, 0.1) is 11.4 Å². The van der Waals surface area contributed by atoms with E-state index in [1.165, 1.54) is 0 Å². The third-order valence-electron chi connectivity index (χ3n) is 4.35. The van der Waals surface area contributed by atoms with Crippen molar-refractivity contribution in [2.24, 2.45) is 16.1 Å². The average molecular weight is 488 g/mol. The minimum Gasteiger partial charge on any atom is -1.00 e. The van der Waals surface area contributed by atoms with Crippen molar-refractivity contribution in [2.75, 3.05) is 0 Å². The Morgan fingerprint density at radius 2 is 1.06 bits per heavy atom. The van der Waals surface area contributed by atoms with Gasteiger partial charge in [-0.15, -0.1) is 0 Å². The molecule has 0 aliphatic heterocycles. The van der Waals surface area contributed by atoms with Gasteiger partial charge in [0, 0.05) is 24.0 Å². The van der Waals surface area contributed by atoms with Crippen LogP contribution in [0.15, 0.2) is 58.8 Å². The molecule has 0 fully saturated rings. The maximum Gasteiger partial charge on any atom is 1.00 e. The molecule has 0 atom stereocenters. The van der Waals surface area contributed by atoms with Gasteiger partial charge >= 0.3 is 103 Å². The van der Waals surface area contributed by atoms with E-state index in [1.807, 2.05) is 34.6 Å². The Labute approximate surface area is 279 Å². The Morgan fingerprint density at radius 1 is 0.750 bits per heavy atom. The number of Topliss-reactive ketones (excluding diaryl/α,β-unsaturated/α-hetero) is 2. The SMILES string of the molecule is CC.CC.CC(CCC(=O)c1ccccc1N=[N-])CCC(=O)c1ccccc1N=[N-].[H-].[K+].[K+]. The molecule has 8 heteroatoms. The quantitative estimate of drug-likeness (QED) is 0.292. The number of hydrogen-bond acceptors (Lipinski definition) is 4. The first-order valence-electron chi connectivity index (χ1n) is 10.5. The first-order valence-corrected chi connectivity index (χ1v) is 10.5. The molecule has 0 aromatic heterocycles. The van der Waals surface area contributed by atoms with E-state index >= 15 is 0 Å². The summed E-state index contributed by atoms with van der Waals surface area (Å²) in [5.41, 5.74) is 19.2. The van der Waals surface area contributed by atoms with Gasteiger partial charge in [-0.05, 0) is 43.0 Å². The van der Waals surface area contributed by atoms with Gasteiger partial charge in [0.15, 0.2) is 11.6 Å². The van der Waals surface area contributed by atoms with Gasteiger partial charge in [0.2, 0.25) is 0 Å². The molecule has 0 saturated heterocycles. The molecule has 32 heavy (non-hydrogen) atoms. The van der Waals surface area contributed by atoms with Gasteiger partial charge in [0.1, 0.15) is 0 Å². The summed E-state index contributed by atoms with van der Waals surface area (Å²) < 4.78 is 0. The summed E-state index contributed by atoms with van der Waals surface area (Å²) in [5, 5.41) is 6.27. The third-order valence-corrected chi connectivity index (χ3v) is 4.35. The number of ketones is 2. The van der Waals surface area contributed by atoms with E-state index in [0.717, 1.165) is 0 Å². The van der Waals surface area contributed by atoms with Gasteiger partial charge in [-0.25, -0.2) is 0 Å². The summed E-state index contributed by atoms with van der Waals surface area (Å²) in [6.45, 7) is 9.99. The summed E-state index contributed by atoms with van der Waals surface area (Å²) in [4.78, 5) is 24.6. The molecule has 2 rings (SSSR count). The van der Waals surface area contributed by atoms with Gasteiger partial charge < -0.3 is 22.7 Å². The summed E-state index contributed by atoms with van der Waals surface area (Å²) in [7, 11) is 0. The molecule has 6 nitrogen and oxygen atoms in total. The van der Waals surface area contributed by atoms with Crippen LogP contribution in [-0.2, 0) is 0 Å². The molecule has 2 aromatic carbocycles. The molecule has 0 spiro atoms. The Balaban J connectivity index is -0.000000569. The molecule has 0 radical (unpaired) electrons. The zero-order valence-corrected chi connectivity index (χ0v) is 26.9. The number of nitrogens with zero attached hydrogens (tertiary/aromatic N) is 4. The fourth-order valence-corrected chi connectivity index (χ4v) is 2.76. The third kappa shape index (κ3) is 13.2. The van der Waals surface area contributed by atoms with E-state index in [4.69, 9.17) is 11.1 Å². The van der Waals surface area contributed by atoms with Crippen LogP contribution in [0.25, 0.3) is 11.1 Å². The van der Waals surface area contributed by atoms with E-state index in [1.54, 1.807) is 48.5 Å². The van der Waals surface area contributed by atoms with Crippen molar-refractivity contribution in [3.63, 3.8) is 0 Å². The predicted octanol–water partition coefficient (Wildman–Crippen LogP) is 2.43. The zero-order chi connectivity index (χ0) is 22.9. The summed E-state index contributed by atoms with van der Waals surface area (Å²) in [5.74, 6) is 0.0151. The fourth-order valence-electron chi connectivity index (χ4n) is 2.76. The number of hydrogen-bond donors (Lipinski definition) is 0. The fraction of sp³-hybridized carbons (Fsp3) is 0.417. The second-order valence-corrected chi connectivity index (χ2v) is 6.26. The first kappa shape index (κ1) is 36.8. The van der Waals surface area contributed by atoms with Crippen LogP contribution in [0.4, 0.5) is 11.4 Å². The summed E-state index contributed by atoms with van der Waals surface area (Å²) in [6, 6.07) is 13.3. The molecular weight excluding hydrogens is 454 g/mol. The molecule has 0 amide bonds. The van der Waals surface area contributed by atoms with Crippen molar-refractivity contribution in [2.45, 2.75) is 60.3 Å². The van der Waals surface area contributed by atoms with Gasteiger partial charge in [0.25, 0.3) is 0 Å². The molecule has 0 saturated carbocycles. The number of carbonyl (C=O) groups is 2. The van der Waals surface area contributed by atoms with E-state index < -0.39 is 0 Å². The van der Waals surface area contributed by atoms with Crippen LogP contribution >= 0.6 is 0 Å². The Kier molecular flexibility index (Phi) is 26.5. The Bertz CT molecular complexity index is 768. The largest absolute Gasteiger partial charge is 1.00 e. The van der Waals surface area contributed by atoms with E-state index in [0.29, 0.717) is 36.8 Å². The molecule has 0 N–H and O–H groups in total. The molecule has 0 aliphatic rings. The summed E-state index contributed by atoms with van der Waals surface area (Å²) in [6.07, 6.45) is 1.92. The molecule has 0 bridgehead atoms. The second-order valence-electron chi connectivity index (χ2n) is 6.26. The molecule has 2 aromatic rings. The van der Waals surface area contributed by atoms with Crippen LogP contribution in [0.1, 0.15) is 82.4 Å². The van der Waals surface area contributed by atoms with Crippen LogP contribution in [0.5, 0.6) is 0 Å². The Morgan fingerprint density at radius 3 is 1.38 bits per heavy atom. The molecule has 0 heterocycles. The molecular formula is C24H33K2N4O2-. The van der Waals surface area contributed by atoms with Crippen molar-refractivity contribution in [3.8, 4) is 0 Å². The first-order chi connectivity index (χ1) is 14.6. The van der Waals surface area contributed by atoms with Gasteiger partial charge in [-0.3, -0.25) is 9.59 Å². The number of benzene rings is 2. The van der Waals surface area contributed by atoms with Crippen LogP contribution in [0, 0.1) is 5.92 Å². The van der Waals surface area contributed by atoms with Crippen LogP contribution < -0.4 is 103 Å². The van der Waals surface area contributed by atoms with Crippen molar-refractivity contribution in [1.29, 1.82) is 0 Å². The smallest absolute Gasteiger partial charge is 1.00 e. The Hall–Kier alpha value is 0.253. The standard InChI is InChI=1S/C20H20N4O2.2C2H6.2K.H/c1-14(10-12-19(25)15-6-2-4-8-17(15)23-21)11-13-20(26)16-7-3-5-9-18(16)24-22;2*1-2;;;/h2-9,14H,10-13H2,1H3;2*1-2H3;;;/q-2;;;2*+1;-1. The summed E-state index contributed by atoms with van der Waals surface area (Å²) >= 11 is 0.